The van der Waals surface area contributed by atoms with E-state index in [9.17, 15) is 9.90 Å². The van der Waals surface area contributed by atoms with Gasteiger partial charge in [-0.1, -0.05) is 41.4 Å². The van der Waals surface area contributed by atoms with Crippen molar-refractivity contribution < 1.29 is 5.11 Å². The second kappa shape index (κ2) is 5.79. The molecule has 0 fully saturated rings. The monoisotopic (exact) mass is 333 g/mol. The van der Waals surface area contributed by atoms with Crippen molar-refractivity contribution in [3.8, 4) is 5.75 Å². The van der Waals surface area contributed by atoms with Crippen molar-refractivity contribution >= 4 is 45.5 Å². The lowest BCUT2D eigenvalue weighted by atomic mass is 10.2. The molecule has 22 heavy (non-hydrogen) atoms. The predicted molar refractivity (Wildman–Crippen MR) is 86.9 cm³/mol. The lowest BCUT2D eigenvalue weighted by Gasteiger charge is -2.04. The Balaban J connectivity index is 2.16. The van der Waals surface area contributed by atoms with E-state index in [1.807, 2.05) is 0 Å². The van der Waals surface area contributed by atoms with Crippen LogP contribution in [-0.2, 0) is 0 Å². The van der Waals surface area contributed by atoms with E-state index in [4.69, 9.17) is 23.2 Å². The molecule has 1 heterocycles. The summed E-state index contributed by atoms with van der Waals surface area (Å²) in [6, 6.07) is 11.7. The zero-order valence-corrected chi connectivity index (χ0v) is 12.6. The second-order valence-corrected chi connectivity index (χ2v) is 5.28. The number of aromatic amines is 1. The number of azo groups is 1. The molecule has 2 aromatic carbocycles. The van der Waals surface area contributed by atoms with Crippen LogP contribution in [0.4, 0.5) is 11.4 Å². The van der Waals surface area contributed by atoms with Crippen LogP contribution in [-0.4, -0.2) is 10.1 Å². The Morgan fingerprint density at radius 1 is 0.955 bits per heavy atom. The van der Waals surface area contributed by atoms with E-state index in [0.29, 0.717) is 26.6 Å². The van der Waals surface area contributed by atoms with E-state index in [1.165, 1.54) is 0 Å². The number of hydrogen-bond donors (Lipinski definition) is 2. The van der Waals surface area contributed by atoms with Crippen LogP contribution in [0.1, 0.15) is 0 Å². The van der Waals surface area contributed by atoms with Crippen molar-refractivity contribution in [1.82, 2.24) is 4.98 Å². The third kappa shape index (κ3) is 2.56. The molecule has 7 heteroatoms. The Morgan fingerprint density at radius 3 is 2.45 bits per heavy atom. The molecule has 0 unspecified atom stereocenters. The summed E-state index contributed by atoms with van der Waals surface area (Å²) in [5, 5.41) is 19.1. The molecule has 0 aliphatic heterocycles. The summed E-state index contributed by atoms with van der Waals surface area (Å²) in [5.41, 5.74) is -0.0406. The lowest BCUT2D eigenvalue weighted by Crippen LogP contribution is -2.05. The fourth-order valence-electron chi connectivity index (χ4n) is 1.99. The number of nitrogens with zero attached hydrogens (tertiary/aromatic N) is 2. The second-order valence-electron chi connectivity index (χ2n) is 4.47. The first-order valence-electron chi connectivity index (χ1n) is 6.27. The maximum absolute atomic E-state index is 12.1. The van der Waals surface area contributed by atoms with Crippen molar-refractivity contribution in [2.24, 2.45) is 10.2 Å². The van der Waals surface area contributed by atoms with Gasteiger partial charge in [-0.3, -0.25) is 4.79 Å². The summed E-state index contributed by atoms with van der Waals surface area (Å²) in [6.07, 6.45) is 0. The van der Waals surface area contributed by atoms with E-state index in [-0.39, 0.29) is 11.4 Å². The summed E-state index contributed by atoms with van der Waals surface area (Å²) >= 11 is 12.0. The third-order valence-electron chi connectivity index (χ3n) is 3.06. The van der Waals surface area contributed by atoms with E-state index >= 15 is 0 Å². The molecule has 2 N–H and O–H groups in total. The molecule has 0 saturated carbocycles. The lowest BCUT2D eigenvalue weighted by molar-refractivity contribution is 0.481. The molecule has 0 aliphatic rings. The average Bonchev–Trinajstić information content (AvgIpc) is 2.50. The zero-order valence-electron chi connectivity index (χ0n) is 11.0. The standard InChI is InChI=1S/C15H9Cl2N3O2/c16-9-5-1-2-7-11(9)19-20-13-14(21)8-4-3-6-10(17)12(8)18-15(13)22/h1-7H,(H2,18,21,22). The Morgan fingerprint density at radius 2 is 1.68 bits per heavy atom. The molecule has 1 aromatic heterocycles. The molecule has 3 rings (SSSR count). The number of halogens is 2. The first kappa shape index (κ1) is 14.6. The highest BCUT2D eigenvalue weighted by atomic mass is 35.5. The van der Waals surface area contributed by atoms with Crippen LogP contribution in [0.15, 0.2) is 57.5 Å². The summed E-state index contributed by atoms with van der Waals surface area (Å²) in [7, 11) is 0. The zero-order chi connectivity index (χ0) is 15.7. The van der Waals surface area contributed by atoms with Gasteiger partial charge < -0.3 is 10.1 Å². The Hall–Kier alpha value is -2.37. The van der Waals surface area contributed by atoms with Gasteiger partial charge in [0, 0.05) is 5.39 Å². The van der Waals surface area contributed by atoms with Crippen molar-refractivity contribution in [2.75, 3.05) is 0 Å². The number of hydrogen-bond acceptors (Lipinski definition) is 4. The highest BCUT2D eigenvalue weighted by Gasteiger charge is 2.13. The van der Waals surface area contributed by atoms with E-state index in [1.54, 1.807) is 42.5 Å². The minimum absolute atomic E-state index is 0.199. The van der Waals surface area contributed by atoms with E-state index in [2.05, 4.69) is 15.2 Å². The number of benzene rings is 2. The topological polar surface area (TPSA) is 77.8 Å². The number of H-pyrrole nitrogens is 1. The normalized spacial score (nSPS) is 11.4. The smallest absolute Gasteiger partial charge is 0.280 e. The molecule has 0 amide bonds. The van der Waals surface area contributed by atoms with Crippen molar-refractivity contribution in [1.29, 1.82) is 0 Å². The number of aromatic nitrogens is 1. The van der Waals surface area contributed by atoms with Gasteiger partial charge in [-0.05, 0) is 24.3 Å². The SMILES string of the molecule is O=c1[nH]c2c(Cl)cccc2c(O)c1N=Nc1ccccc1Cl. The summed E-state index contributed by atoms with van der Waals surface area (Å²) in [6.45, 7) is 0. The highest BCUT2D eigenvalue weighted by molar-refractivity contribution is 6.35. The van der Waals surface area contributed by atoms with E-state index in [0.717, 1.165) is 0 Å². The number of pyridine rings is 1. The maximum atomic E-state index is 12.1. The van der Waals surface area contributed by atoms with E-state index < -0.39 is 5.56 Å². The minimum Gasteiger partial charge on any atom is -0.505 e. The minimum atomic E-state index is -0.589. The first-order valence-corrected chi connectivity index (χ1v) is 7.03. The van der Waals surface area contributed by atoms with Gasteiger partial charge in [0.25, 0.3) is 5.56 Å². The maximum Gasteiger partial charge on any atom is 0.280 e. The quantitative estimate of drug-likeness (QED) is 0.650. The number of fused-ring (bicyclic) bond motifs is 1. The summed E-state index contributed by atoms with van der Waals surface area (Å²) < 4.78 is 0. The van der Waals surface area contributed by atoms with Crippen molar-refractivity contribution in [3.63, 3.8) is 0 Å². The number of rotatable bonds is 2. The summed E-state index contributed by atoms with van der Waals surface area (Å²) in [4.78, 5) is 14.6. The Labute approximate surface area is 134 Å². The van der Waals surface area contributed by atoms with Gasteiger partial charge in [0.2, 0.25) is 0 Å². The van der Waals surface area contributed by atoms with Gasteiger partial charge in [0.05, 0.1) is 15.6 Å². The Kier molecular flexibility index (Phi) is 3.83. The number of aromatic hydroxyl groups is 1. The van der Waals surface area contributed by atoms with Crippen molar-refractivity contribution in [2.45, 2.75) is 0 Å². The van der Waals surface area contributed by atoms with Gasteiger partial charge in [-0.15, -0.1) is 10.2 Å². The van der Waals surface area contributed by atoms with Gasteiger partial charge in [0.15, 0.2) is 11.4 Å². The third-order valence-corrected chi connectivity index (χ3v) is 3.69. The molecule has 0 spiro atoms. The molecule has 0 aliphatic carbocycles. The molecule has 0 bridgehead atoms. The summed E-state index contributed by atoms with van der Waals surface area (Å²) in [5.74, 6) is -0.281. The van der Waals surface area contributed by atoms with Crippen LogP contribution >= 0.6 is 23.2 Å². The van der Waals surface area contributed by atoms with Crippen LogP contribution in [0.5, 0.6) is 5.75 Å². The fourth-order valence-corrected chi connectivity index (χ4v) is 2.38. The van der Waals surface area contributed by atoms with Gasteiger partial charge >= 0.3 is 0 Å². The number of nitrogens with one attached hydrogen (secondary N) is 1. The molecular formula is C15H9Cl2N3O2. The molecule has 0 atom stereocenters. The van der Waals surface area contributed by atoms with Crippen molar-refractivity contribution in [3.05, 3.63) is 62.9 Å². The molecule has 110 valence electrons. The Bertz CT molecular complexity index is 951. The largest absolute Gasteiger partial charge is 0.505 e. The molecular weight excluding hydrogens is 325 g/mol. The average molecular weight is 334 g/mol. The van der Waals surface area contributed by atoms with Gasteiger partial charge in [0.1, 0.15) is 5.69 Å². The molecule has 3 aromatic rings. The van der Waals surface area contributed by atoms with Crippen LogP contribution in [0.3, 0.4) is 0 Å². The van der Waals surface area contributed by atoms with Gasteiger partial charge in [-0.25, -0.2) is 0 Å². The van der Waals surface area contributed by atoms with Crippen LogP contribution in [0, 0.1) is 0 Å². The van der Waals surface area contributed by atoms with Crippen LogP contribution in [0.25, 0.3) is 10.9 Å². The molecule has 0 radical (unpaired) electrons. The predicted octanol–water partition coefficient (Wildman–Crippen LogP) is 4.96. The number of para-hydroxylation sites is 1. The molecule has 5 nitrogen and oxygen atoms in total. The molecule has 0 saturated heterocycles. The fraction of sp³-hybridized carbons (Fsp3) is 0. The van der Waals surface area contributed by atoms with Crippen LogP contribution < -0.4 is 5.56 Å². The van der Waals surface area contributed by atoms with Crippen LogP contribution in [0.2, 0.25) is 10.0 Å². The first-order chi connectivity index (χ1) is 10.6. The highest BCUT2D eigenvalue weighted by Crippen LogP contribution is 2.34. The van der Waals surface area contributed by atoms with Gasteiger partial charge in [-0.2, -0.15) is 0 Å².